The van der Waals surface area contributed by atoms with E-state index in [-0.39, 0.29) is 24.1 Å². The number of benzene rings is 3. The fourth-order valence-electron chi connectivity index (χ4n) is 4.49. The summed E-state index contributed by atoms with van der Waals surface area (Å²) in [5.41, 5.74) is 5.17. The van der Waals surface area contributed by atoms with Gasteiger partial charge in [0, 0.05) is 12.1 Å². The summed E-state index contributed by atoms with van der Waals surface area (Å²) in [4.78, 5) is 11.5. The van der Waals surface area contributed by atoms with E-state index in [1.54, 1.807) is 25.1 Å². The lowest BCUT2D eigenvalue weighted by Crippen LogP contribution is -2.46. The van der Waals surface area contributed by atoms with Crippen molar-refractivity contribution in [3.8, 4) is 11.1 Å². The summed E-state index contributed by atoms with van der Waals surface area (Å²) in [5, 5.41) is 23.4. The molecule has 37 heavy (non-hydrogen) atoms. The molecule has 5 nitrogen and oxygen atoms in total. The number of carbonyl (C=O) groups is 1. The second-order valence-electron chi connectivity index (χ2n) is 10.3. The number of aliphatic hydroxyl groups is 1. The maximum atomic E-state index is 13.9. The average Bonchev–Trinajstić information content (AvgIpc) is 2.87. The van der Waals surface area contributed by atoms with Crippen LogP contribution in [0.2, 0.25) is 0 Å². The number of carboxylic acids is 1. The number of rotatable bonds is 12. The monoisotopic (exact) mass is 507 g/mol. The number of β-amino-alcohol motifs (C(OH)–C–C–N with tert-alkyl or cyclic N) is 1. The lowest BCUT2D eigenvalue weighted by atomic mass is 9.93. The minimum Gasteiger partial charge on any atom is -0.478 e. The normalized spacial score (nSPS) is 13.4. The first-order chi connectivity index (χ1) is 17.5. The number of ether oxygens (including phenoxy) is 1. The lowest BCUT2D eigenvalue weighted by molar-refractivity contribution is -0.00397. The van der Waals surface area contributed by atoms with Crippen LogP contribution in [0.4, 0.5) is 4.39 Å². The quantitative estimate of drug-likeness (QED) is 0.276. The molecule has 0 saturated heterocycles. The Morgan fingerprint density at radius 1 is 1.11 bits per heavy atom. The molecule has 6 heteroatoms. The highest BCUT2D eigenvalue weighted by molar-refractivity contribution is 5.90. The van der Waals surface area contributed by atoms with Gasteiger partial charge in [0.2, 0.25) is 0 Å². The van der Waals surface area contributed by atoms with Crippen LogP contribution in [0.15, 0.2) is 60.7 Å². The fourth-order valence-corrected chi connectivity index (χ4v) is 4.49. The van der Waals surface area contributed by atoms with Crippen molar-refractivity contribution in [2.45, 2.75) is 65.2 Å². The molecule has 3 aromatic rings. The van der Waals surface area contributed by atoms with Crippen molar-refractivity contribution in [2.24, 2.45) is 0 Å². The third-order valence-corrected chi connectivity index (χ3v) is 6.66. The van der Waals surface area contributed by atoms with Crippen LogP contribution >= 0.6 is 0 Å². The summed E-state index contributed by atoms with van der Waals surface area (Å²) in [7, 11) is 0. The van der Waals surface area contributed by atoms with E-state index in [1.807, 2.05) is 70.2 Å². The van der Waals surface area contributed by atoms with E-state index in [4.69, 9.17) is 4.74 Å². The highest BCUT2D eigenvalue weighted by atomic mass is 19.1. The minimum absolute atomic E-state index is 0.149. The topological polar surface area (TPSA) is 78.8 Å². The van der Waals surface area contributed by atoms with Crippen LogP contribution in [0.5, 0.6) is 0 Å². The Balaban J connectivity index is 1.61. The molecule has 1 unspecified atom stereocenters. The standard InChI is InChI=1S/C31H38FNO4/c1-6-23-16-24(13-14-28(23)30(35)36)27-10-8-7-9-26(27)21(3)37-19-25(34)18-33-31(4,5)17-22-12-11-20(2)29(32)15-22/h7-16,21,25,33-34H,6,17-19H2,1-5H3,(H,35,36)/t21?,25-/m1/s1. The molecule has 198 valence electrons. The van der Waals surface area contributed by atoms with Gasteiger partial charge in [0.25, 0.3) is 0 Å². The van der Waals surface area contributed by atoms with Crippen LogP contribution in [-0.4, -0.2) is 41.0 Å². The van der Waals surface area contributed by atoms with E-state index in [2.05, 4.69) is 5.32 Å². The molecule has 0 aliphatic carbocycles. The van der Waals surface area contributed by atoms with Gasteiger partial charge in [0.15, 0.2) is 0 Å². The molecule has 0 aromatic heterocycles. The SMILES string of the molecule is CCc1cc(-c2ccccc2C(C)OC[C@H](O)CNC(C)(C)Cc2ccc(C)c(F)c2)ccc1C(=O)O. The molecule has 0 saturated carbocycles. The number of nitrogens with one attached hydrogen (secondary N) is 1. The third kappa shape index (κ3) is 7.71. The maximum Gasteiger partial charge on any atom is 0.335 e. The van der Waals surface area contributed by atoms with Gasteiger partial charge in [0.1, 0.15) is 5.82 Å². The smallest absolute Gasteiger partial charge is 0.335 e. The molecule has 0 amide bonds. The maximum absolute atomic E-state index is 13.9. The molecule has 0 bridgehead atoms. The van der Waals surface area contributed by atoms with Gasteiger partial charge in [-0.05, 0) is 86.1 Å². The molecule has 0 fully saturated rings. The van der Waals surface area contributed by atoms with Crippen molar-refractivity contribution in [1.29, 1.82) is 0 Å². The van der Waals surface area contributed by atoms with E-state index in [0.29, 0.717) is 30.5 Å². The Labute approximate surface area is 219 Å². The molecule has 0 spiro atoms. The summed E-state index contributed by atoms with van der Waals surface area (Å²) < 4.78 is 20.0. The van der Waals surface area contributed by atoms with Crippen molar-refractivity contribution in [2.75, 3.05) is 13.2 Å². The van der Waals surface area contributed by atoms with Crippen LogP contribution in [0.3, 0.4) is 0 Å². The Bertz CT molecular complexity index is 1220. The Morgan fingerprint density at radius 2 is 1.84 bits per heavy atom. The number of halogens is 1. The molecule has 0 radical (unpaired) electrons. The summed E-state index contributed by atoms with van der Waals surface area (Å²) in [5.74, 6) is -1.13. The van der Waals surface area contributed by atoms with Crippen LogP contribution < -0.4 is 5.32 Å². The molecular formula is C31H38FNO4. The van der Waals surface area contributed by atoms with Gasteiger partial charge < -0.3 is 20.3 Å². The van der Waals surface area contributed by atoms with E-state index < -0.39 is 12.1 Å². The first-order valence-electron chi connectivity index (χ1n) is 12.8. The van der Waals surface area contributed by atoms with Crippen LogP contribution in [0.25, 0.3) is 11.1 Å². The highest BCUT2D eigenvalue weighted by Crippen LogP contribution is 2.31. The van der Waals surface area contributed by atoms with Gasteiger partial charge in [-0.1, -0.05) is 55.5 Å². The second-order valence-corrected chi connectivity index (χ2v) is 10.3. The zero-order valence-electron chi connectivity index (χ0n) is 22.3. The number of hydrogen-bond acceptors (Lipinski definition) is 4. The predicted octanol–water partition coefficient (Wildman–Crippen LogP) is 6.11. The lowest BCUT2D eigenvalue weighted by Gasteiger charge is -2.28. The van der Waals surface area contributed by atoms with Crippen molar-refractivity contribution in [3.05, 3.63) is 94.3 Å². The highest BCUT2D eigenvalue weighted by Gasteiger charge is 2.21. The second kappa shape index (κ2) is 12.5. The molecule has 2 atom stereocenters. The van der Waals surface area contributed by atoms with Gasteiger partial charge in [-0.15, -0.1) is 0 Å². The largest absolute Gasteiger partial charge is 0.478 e. The van der Waals surface area contributed by atoms with Crippen molar-refractivity contribution < 1.29 is 24.1 Å². The number of aliphatic hydroxyl groups excluding tert-OH is 1. The molecule has 3 N–H and O–H groups in total. The first kappa shape index (κ1) is 28.5. The summed E-state index contributed by atoms with van der Waals surface area (Å²) in [6.45, 7) is 10.2. The molecule has 0 heterocycles. The van der Waals surface area contributed by atoms with E-state index in [9.17, 15) is 19.4 Å². The zero-order valence-corrected chi connectivity index (χ0v) is 22.3. The van der Waals surface area contributed by atoms with Crippen LogP contribution in [0, 0.1) is 12.7 Å². The Hall–Kier alpha value is -3.06. The van der Waals surface area contributed by atoms with Gasteiger partial charge in [-0.2, -0.15) is 0 Å². The third-order valence-electron chi connectivity index (χ3n) is 6.66. The molecule has 0 aliphatic rings. The number of aromatic carboxylic acids is 1. The summed E-state index contributed by atoms with van der Waals surface area (Å²) >= 11 is 0. The van der Waals surface area contributed by atoms with Crippen LogP contribution in [-0.2, 0) is 17.6 Å². The van der Waals surface area contributed by atoms with Crippen molar-refractivity contribution in [3.63, 3.8) is 0 Å². The van der Waals surface area contributed by atoms with Crippen molar-refractivity contribution >= 4 is 5.97 Å². The van der Waals surface area contributed by atoms with E-state index in [1.165, 1.54) is 0 Å². The van der Waals surface area contributed by atoms with E-state index >= 15 is 0 Å². The van der Waals surface area contributed by atoms with E-state index in [0.717, 1.165) is 27.8 Å². The summed E-state index contributed by atoms with van der Waals surface area (Å²) in [6, 6.07) is 18.6. The zero-order chi connectivity index (χ0) is 27.2. The molecule has 3 aromatic carbocycles. The summed E-state index contributed by atoms with van der Waals surface area (Å²) in [6.07, 6.45) is 0.254. The van der Waals surface area contributed by atoms with Crippen molar-refractivity contribution in [1.82, 2.24) is 5.32 Å². The number of aryl methyl sites for hydroxylation is 2. The molecule has 3 rings (SSSR count). The molecule has 0 aliphatic heterocycles. The predicted molar refractivity (Wildman–Crippen MR) is 146 cm³/mol. The van der Waals surface area contributed by atoms with Gasteiger partial charge in [0.05, 0.1) is 24.4 Å². The van der Waals surface area contributed by atoms with Gasteiger partial charge >= 0.3 is 5.97 Å². The minimum atomic E-state index is -0.926. The first-order valence-corrected chi connectivity index (χ1v) is 12.8. The number of hydrogen-bond donors (Lipinski definition) is 3. The van der Waals surface area contributed by atoms with Crippen LogP contribution in [0.1, 0.15) is 66.4 Å². The number of carboxylic acid groups (broad SMARTS) is 1. The Kier molecular flexibility index (Phi) is 9.60. The fraction of sp³-hybridized carbons (Fsp3) is 0.387. The average molecular weight is 508 g/mol. The van der Waals surface area contributed by atoms with Gasteiger partial charge in [-0.25, -0.2) is 9.18 Å². The van der Waals surface area contributed by atoms with Gasteiger partial charge in [-0.3, -0.25) is 0 Å². The Morgan fingerprint density at radius 3 is 2.51 bits per heavy atom. The molecular weight excluding hydrogens is 469 g/mol.